The Kier molecular flexibility index (Phi) is 8.91. The minimum Gasteiger partial charge on any atom is -0.494 e. The van der Waals surface area contributed by atoms with Crippen LogP contribution in [0.25, 0.3) is 0 Å². The van der Waals surface area contributed by atoms with Crippen molar-refractivity contribution in [2.24, 2.45) is 0 Å². The number of likely N-dealkylation sites (N-methyl/N-ethyl adjacent to an activating group) is 2. The van der Waals surface area contributed by atoms with Crippen LogP contribution in [0.15, 0.2) is 24.3 Å². The topological polar surface area (TPSA) is 41.6 Å². The van der Waals surface area contributed by atoms with Crippen molar-refractivity contribution in [1.29, 1.82) is 0 Å². The largest absolute Gasteiger partial charge is 0.494 e. The van der Waals surface area contributed by atoms with Crippen LogP contribution in [0.3, 0.4) is 0 Å². The Hall–Kier alpha value is -1.33. The van der Waals surface area contributed by atoms with E-state index in [1.54, 1.807) is 31.1 Å². The molecule has 0 bridgehead atoms. The third-order valence-corrected chi connectivity index (χ3v) is 2.47. The fourth-order valence-electron chi connectivity index (χ4n) is 1.43. The highest BCUT2D eigenvalue weighted by Crippen LogP contribution is 2.11. The van der Waals surface area contributed by atoms with Gasteiger partial charge in [-0.3, -0.25) is 4.79 Å². The van der Waals surface area contributed by atoms with Gasteiger partial charge in [0, 0.05) is 13.6 Å². The number of amides is 1. The van der Waals surface area contributed by atoms with Crippen LogP contribution in [0.1, 0.15) is 6.42 Å². The molecule has 1 rings (SSSR count). The van der Waals surface area contributed by atoms with Gasteiger partial charge in [-0.25, -0.2) is 4.39 Å². The average Bonchev–Trinajstić information content (AvgIpc) is 2.36. The molecule has 1 aromatic carbocycles. The first-order chi connectivity index (χ1) is 8.63. The summed E-state index contributed by atoms with van der Waals surface area (Å²) in [5.41, 5.74) is 0. The second-order valence-corrected chi connectivity index (χ2v) is 4.00. The molecular weight excluding hydrogens is 271 g/mol. The molecule has 6 heteroatoms. The highest BCUT2D eigenvalue weighted by atomic mass is 35.5. The molecule has 19 heavy (non-hydrogen) atoms. The smallest absolute Gasteiger partial charge is 0.236 e. The molecule has 4 nitrogen and oxygen atoms in total. The van der Waals surface area contributed by atoms with Crippen molar-refractivity contribution in [2.45, 2.75) is 6.42 Å². The van der Waals surface area contributed by atoms with Crippen molar-refractivity contribution in [3.63, 3.8) is 0 Å². The lowest BCUT2D eigenvalue weighted by Gasteiger charge is -2.16. The molecule has 1 N–H and O–H groups in total. The molecule has 108 valence electrons. The summed E-state index contributed by atoms with van der Waals surface area (Å²) >= 11 is 0. The van der Waals surface area contributed by atoms with Crippen LogP contribution >= 0.6 is 12.4 Å². The van der Waals surface area contributed by atoms with Gasteiger partial charge < -0.3 is 15.0 Å². The van der Waals surface area contributed by atoms with Gasteiger partial charge in [-0.1, -0.05) is 0 Å². The van der Waals surface area contributed by atoms with Crippen LogP contribution in [-0.4, -0.2) is 44.6 Å². The van der Waals surface area contributed by atoms with Crippen molar-refractivity contribution in [2.75, 3.05) is 33.8 Å². The van der Waals surface area contributed by atoms with Crippen molar-refractivity contribution in [3.8, 4) is 5.75 Å². The van der Waals surface area contributed by atoms with E-state index in [1.165, 1.54) is 12.1 Å². The summed E-state index contributed by atoms with van der Waals surface area (Å²) in [5, 5.41) is 2.81. The number of hydrogen-bond acceptors (Lipinski definition) is 3. The Bertz CT molecular complexity index is 373. The number of nitrogens with zero attached hydrogens (tertiary/aromatic N) is 1. The van der Waals surface area contributed by atoms with Gasteiger partial charge in [0.2, 0.25) is 5.91 Å². The van der Waals surface area contributed by atoms with E-state index in [-0.39, 0.29) is 24.1 Å². The second-order valence-electron chi connectivity index (χ2n) is 4.00. The normalized spacial score (nSPS) is 9.63. The van der Waals surface area contributed by atoms with Crippen molar-refractivity contribution in [1.82, 2.24) is 10.2 Å². The number of carbonyl (C=O) groups is 1. The van der Waals surface area contributed by atoms with Gasteiger partial charge in [0.05, 0.1) is 13.2 Å². The van der Waals surface area contributed by atoms with Gasteiger partial charge >= 0.3 is 0 Å². The van der Waals surface area contributed by atoms with E-state index in [9.17, 15) is 9.18 Å². The molecule has 0 aliphatic heterocycles. The first-order valence-electron chi connectivity index (χ1n) is 5.90. The number of carbonyl (C=O) groups excluding carboxylic acids is 1. The summed E-state index contributed by atoms with van der Waals surface area (Å²) in [6, 6.07) is 5.90. The molecule has 0 fully saturated rings. The summed E-state index contributed by atoms with van der Waals surface area (Å²) in [7, 11) is 3.50. The molecular formula is C13H20ClFN2O2. The zero-order valence-corrected chi connectivity index (χ0v) is 12.0. The third kappa shape index (κ3) is 6.98. The molecule has 0 unspecified atom stereocenters. The summed E-state index contributed by atoms with van der Waals surface area (Å²) in [5.74, 6) is 0.416. The summed E-state index contributed by atoms with van der Waals surface area (Å²) in [6.07, 6.45) is 0.739. The molecule has 0 radical (unpaired) electrons. The lowest BCUT2D eigenvalue weighted by molar-refractivity contribution is -0.128. The molecule has 0 saturated carbocycles. The maximum atomic E-state index is 12.6. The zero-order chi connectivity index (χ0) is 13.4. The van der Waals surface area contributed by atoms with E-state index in [0.717, 1.165) is 6.42 Å². The monoisotopic (exact) mass is 290 g/mol. The maximum absolute atomic E-state index is 12.6. The third-order valence-electron chi connectivity index (χ3n) is 2.47. The quantitative estimate of drug-likeness (QED) is 0.777. The van der Waals surface area contributed by atoms with Gasteiger partial charge in [0.1, 0.15) is 11.6 Å². The van der Waals surface area contributed by atoms with Gasteiger partial charge in [-0.05, 0) is 37.7 Å². The number of benzene rings is 1. The Balaban J connectivity index is 0.00000324. The van der Waals surface area contributed by atoms with Gasteiger partial charge in [0.25, 0.3) is 0 Å². The predicted molar refractivity (Wildman–Crippen MR) is 75.3 cm³/mol. The van der Waals surface area contributed by atoms with Crippen LogP contribution < -0.4 is 10.1 Å². The Morgan fingerprint density at radius 3 is 2.58 bits per heavy atom. The molecule has 0 aliphatic carbocycles. The Morgan fingerprint density at radius 2 is 2.00 bits per heavy atom. The Labute approximate surface area is 119 Å². The van der Waals surface area contributed by atoms with Crippen LogP contribution in [0.2, 0.25) is 0 Å². The van der Waals surface area contributed by atoms with E-state index in [2.05, 4.69) is 5.32 Å². The van der Waals surface area contributed by atoms with Crippen LogP contribution in [-0.2, 0) is 4.79 Å². The number of rotatable bonds is 7. The molecule has 0 spiro atoms. The highest BCUT2D eigenvalue weighted by molar-refractivity contribution is 5.85. The van der Waals surface area contributed by atoms with E-state index in [4.69, 9.17) is 4.74 Å². The lowest BCUT2D eigenvalue weighted by Crippen LogP contribution is -2.35. The molecule has 0 aliphatic rings. The Morgan fingerprint density at radius 1 is 1.37 bits per heavy atom. The van der Waals surface area contributed by atoms with Gasteiger partial charge in [-0.2, -0.15) is 0 Å². The predicted octanol–water partition coefficient (Wildman–Crippen LogP) is 1.69. The minimum atomic E-state index is -0.278. The maximum Gasteiger partial charge on any atom is 0.236 e. The van der Waals surface area contributed by atoms with Crippen LogP contribution in [0.5, 0.6) is 5.75 Å². The fourth-order valence-corrected chi connectivity index (χ4v) is 1.43. The van der Waals surface area contributed by atoms with E-state index < -0.39 is 0 Å². The number of halogens is 2. The van der Waals surface area contributed by atoms with Crippen molar-refractivity contribution >= 4 is 18.3 Å². The summed E-state index contributed by atoms with van der Waals surface area (Å²) in [4.78, 5) is 13.1. The zero-order valence-electron chi connectivity index (χ0n) is 11.2. The second kappa shape index (κ2) is 9.58. The minimum absolute atomic E-state index is 0. The average molecular weight is 291 g/mol. The SMILES string of the molecule is CNCC(=O)N(C)CCCOc1ccc(F)cc1.Cl. The molecule has 1 amide bonds. The standard InChI is InChI=1S/C13H19FN2O2.ClH/c1-15-10-13(17)16(2)8-3-9-18-12-6-4-11(14)5-7-12;/h4-7,15H,3,8-10H2,1-2H3;1H. The van der Waals surface area contributed by atoms with Crippen LogP contribution in [0, 0.1) is 5.82 Å². The van der Waals surface area contributed by atoms with Crippen molar-refractivity contribution in [3.05, 3.63) is 30.1 Å². The molecule has 1 aromatic rings. The number of nitrogens with one attached hydrogen (secondary N) is 1. The summed E-state index contributed by atoms with van der Waals surface area (Å²) in [6.45, 7) is 1.49. The molecule has 0 heterocycles. The van der Waals surface area contributed by atoms with E-state index >= 15 is 0 Å². The molecule has 0 aromatic heterocycles. The first-order valence-corrected chi connectivity index (χ1v) is 5.90. The fraction of sp³-hybridized carbons (Fsp3) is 0.462. The number of hydrogen-bond donors (Lipinski definition) is 1. The molecule has 0 saturated heterocycles. The molecule has 0 atom stereocenters. The van der Waals surface area contributed by atoms with Crippen LogP contribution in [0.4, 0.5) is 4.39 Å². The highest BCUT2D eigenvalue weighted by Gasteiger charge is 2.06. The van der Waals surface area contributed by atoms with Gasteiger partial charge in [0.15, 0.2) is 0 Å². The van der Waals surface area contributed by atoms with E-state index in [0.29, 0.717) is 25.4 Å². The van der Waals surface area contributed by atoms with E-state index in [1.807, 2.05) is 0 Å². The summed E-state index contributed by atoms with van der Waals surface area (Å²) < 4.78 is 18.1. The first kappa shape index (κ1) is 17.7. The number of ether oxygens (including phenoxy) is 1. The lowest BCUT2D eigenvalue weighted by atomic mass is 10.3. The van der Waals surface area contributed by atoms with Gasteiger partial charge in [-0.15, -0.1) is 12.4 Å². The van der Waals surface area contributed by atoms with Crippen molar-refractivity contribution < 1.29 is 13.9 Å².